The van der Waals surface area contributed by atoms with Gasteiger partial charge in [0.05, 0.1) is 22.9 Å². The van der Waals surface area contributed by atoms with Crippen molar-refractivity contribution in [1.29, 1.82) is 0 Å². The number of nitrogens with zero attached hydrogens (tertiary/aromatic N) is 2. The predicted octanol–water partition coefficient (Wildman–Crippen LogP) is 3.81. The molecule has 30 heavy (non-hydrogen) atoms. The van der Waals surface area contributed by atoms with Crippen molar-refractivity contribution in [3.05, 3.63) is 84.2 Å². The summed E-state index contributed by atoms with van der Waals surface area (Å²) in [5, 5.41) is 0. The van der Waals surface area contributed by atoms with Gasteiger partial charge in [0.15, 0.2) is 0 Å². The third-order valence-electron chi connectivity index (χ3n) is 4.98. The topological polar surface area (TPSA) is 74.8 Å². The first-order valence-corrected chi connectivity index (χ1v) is 12.5. The fraction of sp³-hybridized carbons (Fsp3) is 0.273. The molecule has 0 aliphatic carbocycles. The molecular weight excluding hydrogens is 420 g/mol. The van der Waals surface area contributed by atoms with Crippen LogP contribution in [0.2, 0.25) is 0 Å². The van der Waals surface area contributed by atoms with Crippen LogP contribution in [0.25, 0.3) is 0 Å². The fourth-order valence-corrected chi connectivity index (χ4v) is 6.05. The molecule has 0 aromatic heterocycles. The van der Waals surface area contributed by atoms with Crippen LogP contribution < -0.4 is 0 Å². The molecule has 0 saturated heterocycles. The molecule has 0 amide bonds. The van der Waals surface area contributed by atoms with E-state index in [0.717, 1.165) is 11.1 Å². The minimum Gasteiger partial charge on any atom is -0.270 e. The Balaban J connectivity index is 1.99. The smallest absolute Gasteiger partial charge is 0.264 e. The van der Waals surface area contributed by atoms with Crippen LogP contribution in [0.4, 0.5) is 0 Å². The lowest BCUT2D eigenvalue weighted by molar-refractivity contribution is 0.377. The zero-order chi connectivity index (χ0) is 21.9. The second-order valence-electron chi connectivity index (χ2n) is 7.27. The maximum atomic E-state index is 13.2. The summed E-state index contributed by atoms with van der Waals surface area (Å²) in [7, 11) is -7.55. The Bertz CT molecular complexity index is 1150. The van der Waals surface area contributed by atoms with Crippen LogP contribution in [0.5, 0.6) is 0 Å². The quantitative estimate of drug-likeness (QED) is 0.606. The Kier molecular flexibility index (Phi) is 6.38. The maximum absolute atomic E-state index is 13.2. The van der Waals surface area contributed by atoms with E-state index in [4.69, 9.17) is 0 Å². The highest BCUT2D eigenvalue weighted by Crippen LogP contribution is 2.29. The van der Waals surface area contributed by atoms with E-state index in [2.05, 4.69) is 6.58 Å². The standard InChI is InChI=1S/C22H26N2O4S2/c1-4-5-6-20-17-23(29(25,26)21-11-7-18(2)8-12-21)15-16-24(20)30(27,28)22-13-9-19(3)10-14-22/h4,7-14,17H,1,5-6,15-16H2,2-3H3. The number of rotatable bonds is 7. The summed E-state index contributed by atoms with van der Waals surface area (Å²) >= 11 is 0. The molecule has 1 aliphatic heterocycles. The Morgan fingerprint density at radius 2 is 1.33 bits per heavy atom. The lowest BCUT2D eigenvalue weighted by Crippen LogP contribution is -2.43. The molecule has 8 heteroatoms. The molecule has 2 aromatic carbocycles. The van der Waals surface area contributed by atoms with Gasteiger partial charge in [-0.2, -0.15) is 0 Å². The van der Waals surface area contributed by atoms with E-state index in [1.807, 2.05) is 13.8 Å². The normalized spacial score (nSPS) is 15.1. The number of hydrogen-bond acceptors (Lipinski definition) is 4. The van der Waals surface area contributed by atoms with Gasteiger partial charge in [0, 0.05) is 11.9 Å². The molecule has 0 fully saturated rings. The van der Waals surface area contributed by atoms with Crippen molar-refractivity contribution in [3.63, 3.8) is 0 Å². The highest BCUT2D eigenvalue weighted by Gasteiger charge is 2.33. The third-order valence-corrected chi connectivity index (χ3v) is 8.62. The van der Waals surface area contributed by atoms with E-state index in [1.165, 1.54) is 14.8 Å². The van der Waals surface area contributed by atoms with Gasteiger partial charge in [-0.05, 0) is 51.0 Å². The number of hydrogen-bond donors (Lipinski definition) is 0. The second kappa shape index (κ2) is 8.65. The molecule has 0 atom stereocenters. The molecular formula is C22H26N2O4S2. The van der Waals surface area contributed by atoms with Crippen molar-refractivity contribution in [3.8, 4) is 0 Å². The summed E-state index contributed by atoms with van der Waals surface area (Å²) in [6, 6.07) is 13.3. The zero-order valence-corrected chi connectivity index (χ0v) is 18.8. The van der Waals surface area contributed by atoms with E-state index >= 15 is 0 Å². The Labute approximate surface area is 179 Å². The first-order valence-electron chi connectivity index (χ1n) is 9.66. The van der Waals surface area contributed by atoms with Crippen LogP contribution in [-0.2, 0) is 20.0 Å². The first kappa shape index (κ1) is 22.1. The average molecular weight is 447 g/mol. The highest BCUT2D eigenvalue weighted by molar-refractivity contribution is 7.89. The van der Waals surface area contributed by atoms with Crippen molar-refractivity contribution in [1.82, 2.24) is 8.61 Å². The molecule has 1 aliphatic rings. The highest BCUT2D eigenvalue weighted by atomic mass is 32.2. The monoisotopic (exact) mass is 446 g/mol. The summed E-state index contributed by atoms with van der Waals surface area (Å²) in [6.07, 6.45) is 4.03. The van der Waals surface area contributed by atoms with E-state index < -0.39 is 20.0 Å². The Morgan fingerprint density at radius 1 is 0.833 bits per heavy atom. The number of benzene rings is 2. The molecule has 0 radical (unpaired) electrons. The predicted molar refractivity (Wildman–Crippen MR) is 118 cm³/mol. The molecule has 0 unspecified atom stereocenters. The maximum Gasteiger partial charge on any atom is 0.264 e. The average Bonchev–Trinajstić information content (AvgIpc) is 2.72. The van der Waals surface area contributed by atoms with Gasteiger partial charge in [0.1, 0.15) is 0 Å². The van der Waals surface area contributed by atoms with Crippen LogP contribution in [0.1, 0.15) is 24.0 Å². The molecule has 160 valence electrons. The molecule has 2 aromatic rings. The van der Waals surface area contributed by atoms with Crippen molar-refractivity contribution in [2.45, 2.75) is 36.5 Å². The second-order valence-corrected chi connectivity index (χ2v) is 11.0. The van der Waals surface area contributed by atoms with E-state index in [1.54, 1.807) is 54.6 Å². The van der Waals surface area contributed by atoms with Gasteiger partial charge in [-0.15, -0.1) is 6.58 Å². The van der Waals surface area contributed by atoms with Crippen LogP contribution >= 0.6 is 0 Å². The molecule has 1 heterocycles. The molecule has 0 saturated carbocycles. The van der Waals surface area contributed by atoms with Crippen LogP contribution in [0.15, 0.2) is 82.9 Å². The van der Waals surface area contributed by atoms with Crippen molar-refractivity contribution >= 4 is 20.0 Å². The lowest BCUT2D eigenvalue weighted by atomic mass is 10.2. The minimum absolute atomic E-state index is 0.0406. The van der Waals surface area contributed by atoms with Crippen molar-refractivity contribution < 1.29 is 16.8 Å². The van der Waals surface area contributed by atoms with Crippen LogP contribution in [0.3, 0.4) is 0 Å². The number of allylic oxidation sites excluding steroid dienone is 2. The van der Waals surface area contributed by atoms with Gasteiger partial charge >= 0.3 is 0 Å². The van der Waals surface area contributed by atoms with E-state index in [0.29, 0.717) is 18.5 Å². The van der Waals surface area contributed by atoms with Gasteiger partial charge in [-0.1, -0.05) is 41.5 Å². The van der Waals surface area contributed by atoms with Gasteiger partial charge in [0.25, 0.3) is 20.0 Å². The van der Waals surface area contributed by atoms with Gasteiger partial charge < -0.3 is 0 Å². The lowest BCUT2D eigenvalue weighted by Gasteiger charge is -2.35. The SMILES string of the molecule is C=CCCC1=CN(S(=O)(=O)c2ccc(C)cc2)CCN1S(=O)(=O)c1ccc(C)cc1. The Morgan fingerprint density at radius 3 is 1.83 bits per heavy atom. The van der Waals surface area contributed by atoms with Crippen LogP contribution in [-0.4, -0.2) is 38.5 Å². The molecule has 0 N–H and O–H groups in total. The van der Waals surface area contributed by atoms with Gasteiger partial charge in [-0.25, -0.2) is 16.8 Å². The van der Waals surface area contributed by atoms with Gasteiger partial charge in [-0.3, -0.25) is 8.61 Å². The third kappa shape index (κ3) is 4.44. The van der Waals surface area contributed by atoms with E-state index in [9.17, 15) is 16.8 Å². The molecule has 3 rings (SSSR count). The van der Waals surface area contributed by atoms with Crippen LogP contribution in [0, 0.1) is 13.8 Å². The first-order chi connectivity index (χ1) is 14.2. The zero-order valence-electron chi connectivity index (χ0n) is 17.2. The van der Waals surface area contributed by atoms with Gasteiger partial charge in [0.2, 0.25) is 0 Å². The summed E-state index contributed by atoms with van der Waals surface area (Å²) in [5.41, 5.74) is 2.35. The molecule has 6 nitrogen and oxygen atoms in total. The fourth-order valence-electron chi connectivity index (χ4n) is 3.21. The minimum atomic E-state index is -3.79. The Hall–Kier alpha value is -2.58. The summed E-state index contributed by atoms with van der Waals surface area (Å²) in [6.45, 7) is 7.56. The number of sulfonamides is 2. The summed E-state index contributed by atoms with van der Waals surface area (Å²) < 4.78 is 55.1. The largest absolute Gasteiger partial charge is 0.270 e. The summed E-state index contributed by atoms with van der Waals surface area (Å²) in [5.74, 6) is 0. The van der Waals surface area contributed by atoms with E-state index in [-0.39, 0.29) is 22.9 Å². The number of aryl methyl sites for hydroxylation is 2. The summed E-state index contributed by atoms with van der Waals surface area (Å²) in [4.78, 5) is 0.370. The van der Waals surface area contributed by atoms with Crippen molar-refractivity contribution in [2.75, 3.05) is 13.1 Å². The van der Waals surface area contributed by atoms with Crippen molar-refractivity contribution in [2.24, 2.45) is 0 Å². The molecule has 0 bridgehead atoms. The molecule has 0 spiro atoms.